The molecule has 3 rings (SSSR count). The van der Waals surface area contributed by atoms with Gasteiger partial charge in [-0.3, -0.25) is 0 Å². The molecule has 0 fully saturated rings. The third-order valence-electron chi connectivity index (χ3n) is 4.38. The molecule has 0 saturated heterocycles. The second kappa shape index (κ2) is 10.1. The van der Waals surface area contributed by atoms with Gasteiger partial charge < -0.3 is 18.9 Å². The van der Waals surface area contributed by atoms with E-state index in [9.17, 15) is 22.8 Å². The maximum absolute atomic E-state index is 12.6. The minimum atomic E-state index is -4.41. The van der Waals surface area contributed by atoms with Crippen molar-refractivity contribution in [3.8, 4) is 23.0 Å². The van der Waals surface area contributed by atoms with Gasteiger partial charge in [-0.15, -0.1) is 0 Å². The van der Waals surface area contributed by atoms with Crippen molar-refractivity contribution in [1.29, 1.82) is 0 Å². The Kier molecular flexibility index (Phi) is 7.22. The molecule has 0 aromatic heterocycles. The van der Waals surface area contributed by atoms with Crippen LogP contribution < -0.4 is 14.2 Å². The highest BCUT2D eigenvalue weighted by atomic mass is 19.4. The van der Waals surface area contributed by atoms with E-state index in [1.807, 2.05) is 0 Å². The van der Waals surface area contributed by atoms with Crippen LogP contribution in [0.5, 0.6) is 23.0 Å². The summed E-state index contributed by atoms with van der Waals surface area (Å²) in [5.74, 6) is 0.0692. The van der Waals surface area contributed by atoms with Crippen LogP contribution in [0.25, 0.3) is 0 Å². The molecule has 0 aliphatic heterocycles. The molecule has 3 aromatic carbocycles. The summed E-state index contributed by atoms with van der Waals surface area (Å²) in [5, 5.41) is 0. The quantitative estimate of drug-likeness (QED) is 0.335. The zero-order chi connectivity index (χ0) is 24.0. The Morgan fingerprint density at radius 1 is 0.758 bits per heavy atom. The van der Waals surface area contributed by atoms with E-state index in [1.54, 1.807) is 24.3 Å². The maximum atomic E-state index is 12.6. The van der Waals surface area contributed by atoms with Crippen molar-refractivity contribution >= 4 is 11.9 Å². The number of carbonyl (C=O) groups is 2. The van der Waals surface area contributed by atoms with Crippen LogP contribution in [-0.2, 0) is 15.7 Å². The lowest BCUT2D eigenvalue weighted by Crippen LogP contribution is -2.28. The fourth-order valence-electron chi connectivity index (χ4n) is 2.66. The maximum Gasteiger partial charge on any atom is 0.416 e. The van der Waals surface area contributed by atoms with Gasteiger partial charge in [-0.05, 0) is 79.7 Å². The zero-order valence-electron chi connectivity index (χ0n) is 17.6. The standard InChI is InChI=1S/C24H19F3O6/c1-15(22(28)33-21-7-3-16(4-8-21)23(29)30-2)31-18-11-13-20(14-12-18)32-19-9-5-17(6-10-19)24(25,26)27/h3-15H,1-2H3. The lowest BCUT2D eigenvalue weighted by Gasteiger charge is -2.14. The number of hydrogen-bond donors (Lipinski definition) is 0. The first-order valence-corrected chi connectivity index (χ1v) is 9.67. The molecular formula is C24H19F3O6. The van der Waals surface area contributed by atoms with E-state index < -0.39 is 29.8 Å². The fraction of sp³-hybridized carbons (Fsp3) is 0.167. The van der Waals surface area contributed by atoms with Crippen LogP contribution in [0.2, 0.25) is 0 Å². The van der Waals surface area contributed by atoms with Crippen molar-refractivity contribution in [1.82, 2.24) is 0 Å². The van der Waals surface area contributed by atoms with Gasteiger partial charge in [0.15, 0.2) is 6.10 Å². The van der Waals surface area contributed by atoms with Gasteiger partial charge in [0.1, 0.15) is 23.0 Å². The van der Waals surface area contributed by atoms with Crippen LogP contribution in [0, 0.1) is 0 Å². The van der Waals surface area contributed by atoms with Crippen LogP contribution in [0.3, 0.4) is 0 Å². The van der Waals surface area contributed by atoms with E-state index in [0.29, 0.717) is 17.1 Å². The molecule has 0 bridgehead atoms. The van der Waals surface area contributed by atoms with E-state index in [2.05, 4.69) is 4.74 Å². The van der Waals surface area contributed by atoms with E-state index in [0.717, 1.165) is 12.1 Å². The van der Waals surface area contributed by atoms with Gasteiger partial charge in [0.25, 0.3) is 0 Å². The summed E-state index contributed by atoms with van der Waals surface area (Å²) in [7, 11) is 1.27. The molecule has 0 saturated carbocycles. The number of methoxy groups -OCH3 is 1. The number of esters is 2. The molecule has 1 unspecified atom stereocenters. The predicted octanol–water partition coefficient (Wildman–Crippen LogP) is 5.66. The largest absolute Gasteiger partial charge is 0.479 e. The highest BCUT2D eigenvalue weighted by molar-refractivity contribution is 5.89. The van der Waals surface area contributed by atoms with Crippen LogP contribution in [0.1, 0.15) is 22.8 Å². The summed E-state index contributed by atoms with van der Waals surface area (Å²) < 4.78 is 58.8. The van der Waals surface area contributed by atoms with Crippen molar-refractivity contribution in [3.63, 3.8) is 0 Å². The van der Waals surface area contributed by atoms with Crippen LogP contribution in [-0.4, -0.2) is 25.2 Å². The average molecular weight is 460 g/mol. The monoisotopic (exact) mass is 460 g/mol. The van der Waals surface area contributed by atoms with Crippen molar-refractivity contribution < 1.29 is 41.7 Å². The molecule has 172 valence electrons. The van der Waals surface area contributed by atoms with Crippen molar-refractivity contribution in [3.05, 3.63) is 83.9 Å². The van der Waals surface area contributed by atoms with Gasteiger partial charge in [0, 0.05) is 0 Å². The summed E-state index contributed by atoms with van der Waals surface area (Å²) >= 11 is 0. The van der Waals surface area contributed by atoms with E-state index in [1.165, 1.54) is 50.4 Å². The van der Waals surface area contributed by atoms with Gasteiger partial charge in [-0.1, -0.05) is 0 Å². The smallest absolute Gasteiger partial charge is 0.416 e. The second-order valence-corrected chi connectivity index (χ2v) is 6.79. The molecule has 0 radical (unpaired) electrons. The third kappa shape index (κ3) is 6.49. The Bertz CT molecular complexity index is 1090. The highest BCUT2D eigenvalue weighted by Crippen LogP contribution is 2.31. The molecule has 0 N–H and O–H groups in total. The molecule has 0 amide bonds. The Labute approximate surface area is 187 Å². The van der Waals surface area contributed by atoms with Gasteiger partial charge in [-0.25, -0.2) is 9.59 Å². The number of carbonyl (C=O) groups excluding carboxylic acids is 2. The molecule has 1 atom stereocenters. The Morgan fingerprint density at radius 3 is 1.76 bits per heavy atom. The number of benzene rings is 3. The molecule has 0 spiro atoms. The number of halogens is 3. The Hall–Kier alpha value is -4.01. The number of rotatable bonds is 7. The van der Waals surface area contributed by atoms with Gasteiger partial charge in [0.2, 0.25) is 0 Å². The molecule has 0 aliphatic carbocycles. The molecule has 3 aromatic rings. The summed E-state index contributed by atoms with van der Waals surface area (Å²) in [5.41, 5.74) is -0.445. The normalized spacial score (nSPS) is 11.9. The van der Waals surface area contributed by atoms with Crippen molar-refractivity contribution in [2.24, 2.45) is 0 Å². The molecular weight excluding hydrogens is 441 g/mol. The fourth-order valence-corrected chi connectivity index (χ4v) is 2.66. The SMILES string of the molecule is COC(=O)c1ccc(OC(=O)C(C)Oc2ccc(Oc3ccc(C(F)(F)F)cc3)cc2)cc1. The Balaban J connectivity index is 1.54. The zero-order valence-corrected chi connectivity index (χ0v) is 17.6. The molecule has 6 nitrogen and oxygen atoms in total. The van der Waals surface area contributed by atoms with Crippen LogP contribution in [0.15, 0.2) is 72.8 Å². The van der Waals surface area contributed by atoms with E-state index in [-0.39, 0.29) is 11.5 Å². The number of ether oxygens (including phenoxy) is 4. The first kappa shape index (κ1) is 23.6. The average Bonchev–Trinajstić information content (AvgIpc) is 2.80. The van der Waals surface area contributed by atoms with Gasteiger partial charge in [-0.2, -0.15) is 13.2 Å². The minimum absolute atomic E-state index is 0.239. The third-order valence-corrected chi connectivity index (χ3v) is 4.38. The first-order chi connectivity index (χ1) is 15.7. The van der Waals surface area contributed by atoms with Crippen LogP contribution in [0.4, 0.5) is 13.2 Å². The lowest BCUT2D eigenvalue weighted by atomic mass is 10.2. The molecule has 33 heavy (non-hydrogen) atoms. The molecule has 0 aliphatic rings. The van der Waals surface area contributed by atoms with Crippen molar-refractivity contribution in [2.75, 3.05) is 7.11 Å². The highest BCUT2D eigenvalue weighted by Gasteiger charge is 2.30. The van der Waals surface area contributed by atoms with Crippen LogP contribution >= 0.6 is 0 Å². The first-order valence-electron chi connectivity index (χ1n) is 9.67. The molecule has 9 heteroatoms. The molecule has 0 heterocycles. The van der Waals surface area contributed by atoms with Crippen molar-refractivity contribution in [2.45, 2.75) is 19.2 Å². The second-order valence-electron chi connectivity index (χ2n) is 6.79. The predicted molar refractivity (Wildman–Crippen MR) is 111 cm³/mol. The van der Waals surface area contributed by atoms with Gasteiger partial charge in [0.05, 0.1) is 18.2 Å². The Morgan fingerprint density at radius 2 is 1.24 bits per heavy atom. The summed E-state index contributed by atoms with van der Waals surface area (Å²) in [6.07, 6.45) is -5.35. The minimum Gasteiger partial charge on any atom is -0.479 e. The summed E-state index contributed by atoms with van der Waals surface area (Å²) in [6.45, 7) is 1.51. The summed E-state index contributed by atoms with van der Waals surface area (Å²) in [6, 6.07) is 16.4. The van der Waals surface area contributed by atoms with E-state index in [4.69, 9.17) is 14.2 Å². The number of hydrogen-bond acceptors (Lipinski definition) is 6. The van der Waals surface area contributed by atoms with E-state index >= 15 is 0 Å². The lowest BCUT2D eigenvalue weighted by molar-refractivity contribution is -0.141. The number of alkyl halides is 3. The van der Waals surface area contributed by atoms with Gasteiger partial charge >= 0.3 is 18.1 Å². The summed E-state index contributed by atoms with van der Waals surface area (Å²) in [4.78, 5) is 23.7. The topological polar surface area (TPSA) is 71.1 Å².